The van der Waals surface area contributed by atoms with Gasteiger partial charge in [0.2, 0.25) is 11.8 Å². The van der Waals surface area contributed by atoms with Crippen LogP contribution in [0.4, 0.5) is 5.69 Å². The quantitative estimate of drug-likeness (QED) is 0.671. The van der Waals surface area contributed by atoms with E-state index in [1.54, 1.807) is 46.7 Å². The van der Waals surface area contributed by atoms with Crippen LogP contribution in [0.1, 0.15) is 16.9 Å². The van der Waals surface area contributed by atoms with Gasteiger partial charge in [0.05, 0.1) is 12.1 Å². The van der Waals surface area contributed by atoms with Gasteiger partial charge in [-0.15, -0.1) is 11.3 Å². The van der Waals surface area contributed by atoms with Gasteiger partial charge in [-0.05, 0) is 48.2 Å². The van der Waals surface area contributed by atoms with Gasteiger partial charge in [-0.3, -0.25) is 9.59 Å². The van der Waals surface area contributed by atoms with Crippen molar-refractivity contribution in [1.29, 1.82) is 0 Å². The van der Waals surface area contributed by atoms with Gasteiger partial charge in [0, 0.05) is 28.6 Å². The SMILES string of the molecule is Cc1ccsc1C=NNC(=O)C1CC(=O)N(c2ccc(Cl)cc2)C1. The predicted octanol–water partition coefficient (Wildman–Crippen LogP) is 3.21. The highest BCUT2D eigenvalue weighted by Gasteiger charge is 2.35. The summed E-state index contributed by atoms with van der Waals surface area (Å²) < 4.78 is 0. The molecule has 3 rings (SSSR count). The Kier molecular flexibility index (Phi) is 4.97. The van der Waals surface area contributed by atoms with Crippen molar-refractivity contribution in [3.05, 3.63) is 51.2 Å². The van der Waals surface area contributed by atoms with Crippen LogP contribution in [0.5, 0.6) is 0 Å². The van der Waals surface area contributed by atoms with Crippen molar-refractivity contribution in [2.24, 2.45) is 11.0 Å². The largest absolute Gasteiger partial charge is 0.312 e. The number of halogens is 1. The average Bonchev–Trinajstić information content (AvgIpc) is 3.14. The first-order valence-corrected chi connectivity index (χ1v) is 8.73. The number of hydrogen-bond donors (Lipinski definition) is 1. The lowest BCUT2D eigenvalue weighted by molar-refractivity contribution is -0.126. The van der Waals surface area contributed by atoms with Crippen molar-refractivity contribution in [3.8, 4) is 0 Å². The highest BCUT2D eigenvalue weighted by Crippen LogP contribution is 2.26. The summed E-state index contributed by atoms with van der Waals surface area (Å²) in [5.41, 5.74) is 4.39. The van der Waals surface area contributed by atoms with E-state index in [4.69, 9.17) is 11.6 Å². The minimum absolute atomic E-state index is 0.0736. The maximum atomic E-state index is 12.2. The number of thiophene rings is 1. The molecule has 1 unspecified atom stereocenters. The number of nitrogens with one attached hydrogen (secondary N) is 1. The number of hydrazone groups is 1. The van der Waals surface area contributed by atoms with E-state index < -0.39 is 5.92 Å². The molecule has 2 aromatic rings. The Labute approximate surface area is 148 Å². The van der Waals surface area contributed by atoms with Gasteiger partial charge in [-0.25, -0.2) is 5.43 Å². The van der Waals surface area contributed by atoms with Crippen LogP contribution in [0, 0.1) is 12.8 Å². The number of rotatable bonds is 4. The number of amides is 2. The fourth-order valence-electron chi connectivity index (χ4n) is 2.52. The zero-order valence-corrected chi connectivity index (χ0v) is 14.6. The Morgan fingerprint density at radius 2 is 2.12 bits per heavy atom. The molecule has 0 bridgehead atoms. The average molecular weight is 362 g/mol. The minimum atomic E-state index is -0.408. The van der Waals surface area contributed by atoms with Crippen molar-refractivity contribution < 1.29 is 9.59 Å². The van der Waals surface area contributed by atoms with Gasteiger partial charge in [-0.1, -0.05) is 11.6 Å². The summed E-state index contributed by atoms with van der Waals surface area (Å²) in [6, 6.07) is 9.00. The third-order valence-corrected chi connectivity index (χ3v) is 5.10. The standard InChI is InChI=1S/C17H16ClN3O2S/c1-11-6-7-24-15(11)9-19-20-17(23)12-8-16(22)21(10-12)14-4-2-13(18)3-5-14/h2-7,9,12H,8,10H2,1H3,(H,20,23). The fraction of sp³-hybridized carbons (Fsp3) is 0.235. The summed E-state index contributed by atoms with van der Waals surface area (Å²) >= 11 is 7.42. The van der Waals surface area contributed by atoms with Crippen LogP contribution < -0.4 is 10.3 Å². The molecule has 124 valence electrons. The molecule has 0 aliphatic carbocycles. The van der Waals surface area contributed by atoms with Gasteiger partial charge in [0.15, 0.2) is 0 Å². The fourth-order valence-corrected chi connectivity index (χ4v) is 3.43. The van der Waals surface area contributed by atoms with E-state index in [9.17, 15) is 9.59 Å². The first-order chi connectivity index (χ1) is 11.5. The van der Waals surface area contributed by atoms with Crippen molar-refractivity contribution >= 4 is 46.7 Å². The number of carbonyl (C=O) groups excluding carboxylic acids is 2. The summed E-state index contributed by atoms with van der Waals surface area (Å²) in [4.78, 5) is 27.0. The molecule has 1 aromatic heterocycles. The molecule has 0 saturated carbocycles. The number of carbonyl (C=O) groups is 2. The van der Waals surface area contributed by atoms with E-state index in [1.165, 1.54) is 0 Å². The van der Waals surface area contributed by atoms with E-state index >= 15 is 0 Å². The Balaban J connectivity index is 1.60. The summed E-state index contributed by atoms with van der Waals surface area (Å²) in [5.74, 6) is -0.726. The molecule has 1 fully saturated rings. The molecule has 5 nitrogen and oxygen atoms in total. The summed E-state index contributed by atoms with van der Waals surface area (Å²) in [6.45, 7) is 2.33. The van der Waals surface area contributed by atoms with Crippen LogP contribution in [0.3, 0.4) is 0 Å². The zero-order valence-electron chi connectivity index (χ0n) is 13.0. The predicted molar refractivity (Wildman–Crippen MR) is 96.7 cm³/mol. The van der Waals surface area contributed by atoms with Crippen LogP contribution in [-0.2, 0) is 9.59 Å². The summed E-state index contributed by atoms with van der Waals surface area (Å²) in [7, 11) is 0. The highest BCUT2D eigenvalue weighted by molar-refractivity contribution is 7.11. The van der Waals surface area contributed by atoms with E-state index in [0.717, 1.165) is 16.1 Å². The molecule has 2 amide bonds. The molecule has 1 saturated heterocycles. The molecule has 1 aliphatic heterocycles. The Morgan fingerprint density at radius 1 is 1.38 bits per heavy atom. The maximum absolute atomic E-state index is 12.2. The summed E-state index contributed by atoms with van der Waals surface area (Å²) in [6.07, 6.45) is 1.81. The van der Waals surface area contributed by atoms with E-state index in [2.05, 4.69) is 10.5 Å². The second-order valence-electron chi connectivity index (χ2n) is 5.58. The van der Waals surface area contributed by atoms with Crippen LogP contribution in [0.25, 0.3) is 0 Å². The molecule has 0 spiro atoms. The molecule has 1 atom stereocenters. The number of hydrogen-bond acceptors (Lipinski definition) is 4. The van der Waals surface area contributed by atoms with Gasteiger partial charge in [0.25, 0.3) is 0 Å². The van der Waals surface area contributed by atoms with Crippen molar-refractivity contribution in [2.75, 3.05) is 11.4 Å². The first-order valence-electron chi connectivity index (χ1n) is 7.47. The highest BCUT2D eigenvalue weighted by atomic mass is 35.5. The van der Waals surface area contributed by atoms with Crippen LogP contribution in [-0.4, -0.2) is 24.6 Å². The molecule has 2 heterocycles. The van der Waals surface area contributed by atoms with Crippen LogP contribution in [0.2, 0.25) is 5.02 Å². The van der Waals surface area contributed by atoms with Crippen LogP contribution >= 0.6 is 22.9 Å². The molecule has 1 aliphatic rings. The lowest BCUT2D eigenvalue weighted by Gasteiger charge is -2.16. The Morgan fingerprint density at radius 3 is 2.79 bits per heavy atom. The third kappa shape index (κ3) is 3.66. The third-order valence-electron chi connectivity index (χ3n) is 3.89. The Hall–Kier alpha value is -2.18. The van der Waals surface area contributed by atoms with Gasteiger partial charge in [-0.2, -0.15) is 5.10 Å². The van der Waals surface area contributed by atoms with Gasteiger partial charge in [0.1, 0.15) is 0 Å². The molecule has 24 heavy (non-hydrogen) atoms. The summed E-state index contributed by atoms with van der Waals surface area (Å²) in [5, 5.41) is 6.57. The van der Waals surface area contributed by atoms with Gasteiger partial charge >= 0.3 is 0 Å². The minimum Gasteiger partial charge on any atom is -0.312 e. The smallest absolute Gasteiger partial charge is 0.245 e. The number of nitrogens with zero attached hydrogens (tertiary/aromatic N) is 2. The topological polar surface area (TPSA) is 61.8 Å². The number of benzene rings is 1. The molecular weight excluding hydrogens is 346 g/mol. The second-order valence-corrected chi connectivity index (χ2v) is 6.97. The van der Waals surface area contributed by atoms with Crippen molar-refractivity contribution in [1.82, 2.24) is 5.43 Å². The molecule has 0 radical (unpaired) electrons. The number of aryl methyl sites for hydroxylation is 1. The molecule has 1 N–H and O–H groups in total. The second kappa shape index (κ2) is 7.15. The molecular formula is C17H16ClN3O2S. The first kappa shape index (κ1) is 16.7. The van der Waals surface area contributed by atoms with E-state index in [-0.39, 0.29) is 18.2 Å². The van der Waals surface area contributed by atoms with Crippen molar-refractivity contribution in [3.63, 3.8) is 0 Å². The molecule has 7 heteroatoms. The number of anilines is 1. The normalized spacial score (nSPS) is 17.7. The van der Waals surface area contributed by atoms with Crippen LogP contribution in [0.15, 0.2) is 40.8 Å². The van der Waals surface area contributed by atoms with E-state index in [0.29, 0.717) is 11.6 Å². The zero-order chi connectivity index (χ0) is 17.1. The molecule has 1 aromatic carbocycles. The maximum Gasteiger partial charge on any atom is 0.245 e. The monoisotopic (exact) mass is 361 g/mol. The Bertz CT molecular complexity index is 785. The lowest BCUT2D eigenvalue weighted by Crippen LogP contribution is -2.30. The lowest BCUT2D eigenvalue weighted by atomic mass is 10.1. The van der Waals surface area contributed by atoms with E-state index in [1.807, 2.05) is 18.4 Å². The van der Waals surface area contributed by atoms with Crippen molar-refractivity contribution in [2.45, 2.75) is 13.3 Å². The van der Waals surface area contributed by atoms with Gasteiger partial charge < -0.3 is 4.90 Å².